The highest BCUT2D eigenvalue weighted by Gasteiger charge is 2.17. The second-order valence-electron chi connectivity index (χ2n) is 7.05. The van der Waals surface area contributed by atoms with E-state index in [1.54, 1.807) is 24.5 Å². The lowest BCUT2D eigenvalue weighted by Crippen LogP contribution is -2.31. The highest BCUT2D eigenvalue weighted by molar-refractivity contribution is 6.00. The lowest BCUT2D eigenvalue weighted by molar-refractivity contribution is -0.125. The van der Waals surface area contributed by atoms with Gasteiger partial charge in [0.25, 0.3) is 11.7 Å². The molecule has 2 rings (SSSR count). The quantitative estimate of drug-likeness (QED) is 0.282. The minimum Gasteiger partial charge on any atom is -0.492 e. The molecule has 0 bridgehead atoms. The molecule has 0 saturated heterocycles. The molecule has 0 saturated carbocycles. The number of anilines is 1. The summed E-state index contributed by atoms with van der Waals surface area (Å²) in [5.41, 5.74) is 0.586. The minimum atomic E-state index is -0.481. The zero-order valence-electron chi connectivity index (χ0n) is 17.4. The molecule has 29 heavy (non-hydrogen) atoms. The Morgan fingerprint density at radius 3 is 2.72 bits per heavy atom. The van der Waals surface area contributed by atoms with Crippen molar-refractivity contribution in [1.82, 2.24) is 24.6 Å². The van der Waals surface area contributed by atoms with Gasteiger partial charge in [0.2, 0.25) is 12.3 Å². The number of aromatic nitrogens is 4. The molecule has 10 nitrogen and oxygen atoms in total. The van der Waals surface area contributed by atoms with E-state index < -0.39 is 5.91 Å². The predicted octanol–water partition coefficient (Wildman–Crippen LogP) is 2.11. The number of hydrogen-bond donors (Lipinski definition) is 1. The van der Waals surface area contributed by atoms with Crippen LogP contribution in [-0.2, 0) is 14.3 Å². The SMILES string of the molecule is C/C=C(OCC(C)C)\C(=N/N(C=O)CC(=O)Nc1nc2ncccn2n1)C(C)C. The molecule has 0 aliphatic carbocycles. The van der Waals surface area contributed by atoms with Crippen molar-refractivity contribution in [3.05, 3.63) is 30.3 Å². The van der Waals surface area contributed by atoms with Gasteiger partial charge in [0.05, 0.1) is 6.61 Å². The van der Waals surface area contributed by atoms with Crippen LogP contribution in [0.5, 0.6) is 0 Å². The first kappa shape index (κ1) is 22.0. The first-order valence-corrected chi connectivity index (χ1v) is 9.41. The van der Waals surface area contributed by atoms with E-state index in [2.05, 4.69) is 25.5 Å². The summed E-state index contributed by atoms with van der Waals surface area (Å²) in [5.74, 6) is 0.903. The maximum Gasteiger partial charge on any atom is 0.253 e. The molecule has 0 aliphatic rings. The number of carbonyl (C=O) groups is 2. The van der Waals surface area contributed by atoms with Crippen LogP contribution in [0.2, 0.25) is 0 Å². The van der Waals surface area contributed by atoms with E-state index in [0.717, 1.165) is 5.01 Å². The van der Waals surface area contributed by atoms with E-state index in [1.807, 2.05) is 34.6 Å². The third kappa shape index (κ3) is 6.37. The minimum absolute atomic E-state index is 0.00921. The van der Waals surface area contributed by atoms with Crippen molar-refractivity contribution in [3.63, 3.8) is 0 Å². The van der Waals surface area contributed by atoms with E-state index in [-0.39, 0.29) is 18.4 Å². The Bertz CT molecular complexity index is 869. The van der Waals surface area contributed by atoms with Gasteiger partial charge in [-0.25, -0.2) is 14.5 Å². The number of allylic oxidation sites excluding steroid dienone is 2. The van der Waals surface area contributed by atoms with Crippen LogP contribution in [0, 0.1) is 11.8 Å². The van der Waals surface area contributed by atoms with Crippen LogP contribution in [0.3, 0.4) is 0 Å². The summed E-state index contributed by atoms with van der Waals surface area (Å²) in [7, 11) is 0. The van der Waals surface area contributed by atoms with Gasteiger partial charge in [0.1, 0.15) is 18.0 Å². The number of ether oxygens (including phenoxy) is 1. The molecule has 2 aromatic heterocycles. The third-order valence-corrected chi connectivity index (χ3v) is 3.66. The lowest BCUT2D eigenvalue weighted by Gasteiger charge is -2.19. The number of hydrazone groups is 1. The molecule has 10 heteroatoms. The molecule has 0 spiro atoms. The molecule has 0 radical (unpaired) electrons. The number of carbonyl (C=O) groups excluding carboxylic acids is 2. The van der Waals surface area contributed by atoms with Gasteiger partial charge < -0.3 is 4.74 Å². The van der Waals surface area contributed by atoms with Crippen molar-refractivity contribution in [2.75, 3.05) is 18.5 Å². The maximum atomic E-state index is 12.3. The summed E-state index contributed by atoms with van der Waals surface area (Å²) in [6.45, 7) is 10.1. The average molecular weight is 401 g/mol. The van der Waals surface area contributed by atoms with Gasteiger partial charge in [-0.3, -0.25) is 14.9 Å². The Morgan fingerprint density at radius 1 is 1.38 bits per heavy atom. The normalized spacial score (nSPS) is 12.5. The van der Waals surface area contributed by atoms with E-state index in [0.29, 0.717) is 36.2 Å². The first-order valence-electron chi connectivity index (χ1n) is 9.41. The molecule has 0 atom stereocenters. The van der Waals surface area contributed by atoms with Crippen LogP contribution in [0.25, 0.3) is 5.78 Å². The van der Waals surface area contributed by atoms with Crippen LogP contribution < -0.4 is 5.32 Å². The van der Waals surface area contributed by atoms with E-state index in [9.17, 15) is 9.59 Å². The van der Waals surface area contributed by atoms with Crippen molar-refractivity contribution < 1.29 is 14.3 Å². The highest BCUT2D eigenvalue weighted by atomic mass is 16.5. The van der Waals surface area contributed by atoms with Gasteiger partial charge >= 0.3 is 0 Å². The van der Waals surface area contributed by atoms with E-state index in [1.165, 1.54) is 4.52 Å². The summed E-state index contributed by atoms with van der Waals surface area (Å²) in [6, 6.07) is 1.70. The Morgan fingerprint density at radius 2 is 2.14 bits per heavy atom. The smallest absolute Gasteiger partial charge is 0.253 e. The third-order valence-electron chi connectivity index (χ3n) is 3.66. The zero-order chi connectivity index (χ0) is 21.4. The topological polar surface area (TPSA) is 114 Å². The van der Waals surface area contributed by atoms with Gasteiger partial charge in [-0.15, -0.1) is 5.10 Å². The van der Waals surface area contributed by atoms with Crippen LogP contribution in [0.15, 0.2) is 35.4 Å². The first-order chi connectivity index (χ1) is 13.8. The van der Waals surface area contributed by atoms with E-state index >= 15 is 0 Å². The zero-order valence-corrected chi connectivity index (χ0v) is 17.4. The average Bonchev–Trinajstić information content (AvgIpc) is 3.08. The number of hydrogen-bond acceptors (Lipinski definition) is 7. The van der Waals surface area contributed by atoms with Gasteiger partial charge in [-0.1, -0.05) is 27.7 Å². The molecule has 2 amide bonds. The second-order valence-corrected chi connectivity index (χ2v) is 7.05. The van der Waals surface area contributed by atoms with Crippen LogP contribution in [0.1, 0.15) is 34.6 Å². The number of amides is 2. The fraction of sp³-hybridized carbons (Fsp3) is 0.474. The van der Waals surface area contributed by atoms with Crippen LogP contribution in [-0.4, -0.2) is 55.8 Å². The molecule has 0 aromatic carbocycles. The molecule has 1 N–H and O–H groups in total. The van der Waals surface area contributed by atoms with Crippen LogP contribution in [0.4, 0.5) is 5.95 Å². The monoisotopic (exact) mass is 401 g/mol. The van der Waals surface area contributed by atoms with Crippen LogP contribution >= 0.6 is 0 Å². The summed E-state index contributed by atoms with van der Waals surface area (Å²) >= 11 is 0. The fourth-order valence-corrected chi connectivity index (χ4v) is 2.34. The summed E-state index contributed by atoms with van der Waals surface area (Å²) in [5, 5.41) is 12.0. The summed E-state index contributed by atoms with van der Waals surface area (Å²) in [6.07, 6.45) is 5.54. The summed E-state index contributed by atoms with van der Waals surface area (Å²) in [4.78, 5) is 32.0. The standard InChI is InChI=1S/C19H27N7O3/c1-6-15(29-11-13(2)3)17(14(4)5)23-25(12-27)10-16(28)21-18-22-19-20-8-7-9-26(19)24-18/h6-9,12-14H,10-11H2,1-5H3,(H,21,24,28)/b15-6+,23-17-. The van der Waals surface area contributed by atoms with Crippen molar-refractivity contribution in [2.24, 2.45) is 16.9 Å². The van der Waals surface area contributed by atoms with Gasteiger partial charge in [-0.2, -0.15) is 10.1 Å². The molecular weight excluding hydrogens is 374 g/mol. The second kappa shape index (κ2) is 10.3. The predicted molar refractivity (Wildman–Crippen MR) is 109 cm³/mol. The Hall–Kier alpha value is -3.30. The van der Waals surface area contributed by atoms with Gasteiger partial charge in [0, 0.05) is 18.3 Å². The molecule has 2 aromatic rings. The molecule has 156 valence electrons. The molecule has 0 aliphatic heterocycles. The number of nitrogens with zero attached hydrogens (tertiary/aromatic N) is 6. The van der Waals surface area contributed by atoms with E-state index in [4.69, 9.17) is 4.74 Å². The fourth-order valence-electron chi connectivity index (χ4n) is 2.34. The maximum absolute atomic E-state index is 12.3. The molecule has 2 heterocycles. The molecule has 0 fully saturated rings. The Balaban J connectivity index is 2.10. The number of nitrogens with one attached hydrogen (secondary N) is 1. The summed E-state index contributed by atoms with van der Waals surface area (Å²) < 4.78 is 7.25. The number of rotatable bonds is 10. The van der Waals surface area contributed by atoms with Gasteiger partial charge in [-0.05, 0) is 25.0 Å². The molecular formula is C19H27N7O3. The van der Waals surface area contributed by atoms with Crippen molar-refractivity contribution in [1.29, 1.82) is 0 Å². The lowest BCUT2D eigenvalue weighted by atomic mass is 10.1. The Labute approximate surface area is 169 Å². The highest BCUT2D eigenvalue weighted by Crippen LogP contribution is 2.13. The van der Waals surface area contributed by atoms with Crippen molar-refractivity contribution in [2.45, 2.75) is 34.6 Å². The largest absolute Gasteiger partial charge is 0.492 e. The Kier molecular flexibility index (Phi) is 7.81. The van der Waals surface area contributed by atoms with Crippen molar-refractivity contribution >= 4 is 29.8 Å². The van der Waals surface area contributed by atoms with Crippen molar-refractivity contribution in [3.8, 4) is 0 Å². The molecule has 0 unspecified atom stereocenters. The number of fused-ring (bicyclic) bond motifs is 1. The van der Waals surface area contributed by atoms with Gasteiger partial charge in [0.15, 0.2) is 0 Å².